The number of aromatic nitrogens is 3. The Kier molecular flexibility index (Phi) is 6.30. The van der Waals surface area contributed by atoms with Gasteiger partial charge in [-0.3, -0.25) is 4.79 Å². The van der Waals surface area contributed by atoms with E-state index in [1.807, 2.05) is 46.8 Å². The second-order valence-electron chi connectivity index (χ2n) is 6.25. The van der Waals surface area contributed by atoms with Gasteiger partial charge >= 0.3 is 0 Å². The summed E-state index contributed by atoms with van der Waals surface area (Å²) in [5, 5.41) is 11.1. The van der Waals surface area contributed by atoms with E-state index >= 15 is 0 Å². The van der Waals surface area contributed by atoms with Crippen molar-refractivity contribution < 1.29 is 9.53 Å². The zero-order valence-electron chi connectivity index (χ0n) is 15.2. The van der Waals surface area contributed by atoms with Crippen LogP contribution in [0.15, 0.2) is 23.4 Å². The van der Waals surface area contributed by atoms with Gasteiger partial charge in [0.05, 0.1) is 5.25 Å². The van der Waals surface area contributed by atoms with E-state index in [9.17, 15) is 4.79 Å². The van der Waals surface area contributed by atoms with Crippen LogP contribution >= 0.6 is 11.8 Å². The van der Waals surface area contributed by atoms with Crippen LogP contribution in [0.4, 0.5) is 0 Å². The molecular weight excluding hydrogens is 338 g/mol. The quantitative estimate of drug-likeness (QED) is 0.578. The summed E-state index contributed by atoms with van der Waals surface area (Å²) in [7, 11) is 0. The van der Waals surface area contributed by atoms with E-state index < -0.39 is 0 Å². The molecule has 0 fully saturated rings. The van der Waals surface area contributed by atoms with Crippen LogP contribution in [-0.4, -0.2) is 32.1 Å². The standard InChI is InChI=1S/C17H25N5O2S/c1-10(2)19-16(23)13(5)25-17-21-20-15(22(17)18)9-24-14-7-6-11(3)8-12(14)4/h6-8,10,13H,9,18H2,1-5H3,(H,19,23)/t13-/m0/s1. The number of nitrogens with two attached hydrogens (primary N) is 1. The highest BCUT2D eigenvalue weighted by molar-refractivity contribution is 8.00. The molecule has 136 valence electrons. The molecule has 0 bridgehead atoms. The second kappa shape index (κ2) is 8.24. The van der Waals surface area contributed by atoms with Gasteiger partial charge in [0.1, 0.15) is 12.4 Å². The lowest BCUT2D eigenvalue weighted by atomic mass is 10.1. The Morgan fingerprint density at radius 2 is 2.04 bits per heavy atom. The lowest BCUT2D eigenvalue weighted by molar-refractivity contribution is -0.120. The molecule has 1 atom stereocenters. The number of carbonyl (C=O) groups is 1. The number of hydrogen-bond acceptors (Lipinski definition) is 6. The minimum atomic E-state index is -0.318. The average Bonchev–Trinajstić information content (AvgIpc) is 2.86. The zero-order valence-corrected chi connectivity index (χ0v) is 16.1. The van der Waals surface area contributed by atoms with E-state index in [1.165, 1.54) is 22.0 Å². The van der Waals surface area contributed by atoms with Crippen molar-refractivity contribution in [1.82, 2.24) is 20.2 Å². The van der Waals surface area contributed by atoms with Crippen LogP contribution in [0.3, 0.4) is 0 Å². The first-order valence-electron chi connectivity index (χ1n) is 8.14. The number of nitrogens with one attached hydrogen (secondary N) is 1. The molecule has 0 unspecified atom stereocenters. The van der Waals surface area contributed by atoms with Crippen molar-refractivity contribution in [2.75, 3.05) is 5.84 Å². The molecule has 0 aliphatic rings. The molecule has 0 saturated carbocycles. The normalized spacial score (nSPS) is 12.2. The average molecular weight is 363 g/mol. The fourth-order valence-corrected chi connectivity index (χ4v) is 3.00. The van der Waals surface area contributed by atoms with Gasteiger partial charge in [-0.15, -0.1) is 10.2 Å². The zero-order chi connectivity index (χ0) is 18.6. The van der Waals surface area contributed by atoms with Crippen molar-refractivity contribution in [2.45, 2.75) is 57.7 Å². The lowest BCUT2D eigenvalue weighted by Crippen LogP contribution is -2.36. The highest BCUT2D eigenvalue weighted by Crippen LogP contribution is 2.22. The van der Waals surface area contributed by atoms with Crippen LogP contribution in [-0.2, 0) is 11.4 Å². The summed E-state index contributed by atoms with van der Waals surface area (Å²) >= 11 is 1.26. The summed E-state index contributed by atoms with van der Waals surface area (Å²) in [6.45, 7) is 9.88. The van der Waals surface area contributed by atoms with Gasteiger partial charge in [0.2, 0.25) is 11.1 Å². The van der Waals surface area contributed by atoms with Crippen molar-refractivity contribution in [2.24, 2.45) is 0 Å². The fraction of sp³-hybridized carbons (Fsp3) is 0.471. The Balaban J connectivity index is 1.99. The Morgan fingerprint density at radius 3 is 2.68 bits per heavy atom. The summed E-state index contributed by atoms with van der Waals surface area (Å²) in [6, 6.07) is 6.06. The molecule has 1 aromatic heterocycles. The molecule has 1 amide bonds. The van der Waals surface area contributed by atoms with Crippen LogP contribution < -0.4 is 15.9 Å². The van der Waals surface area contributed by atoms with E-state index in [0.29, 0.717) is 11.0 Å². The molecule has 0 saturated heterocycles. The molecule has 1 heterocycles. The second-order valence-corrected chi connectivity index (χ2v) is 7.56. The molecule has 8 heteroatoms. The van der Waals surface area contributed by atoms with E-state index in [2.05, 4.69) is 21.6 Å². The van der Waals surface area contributed by atoms with Crippen molar-refractivity contribution in [3.8, 4) is 5.75 Å². The number of carbonyl (C=O) groups excluding carboxylic acids is 1. The predicted octanol–water partition coefficient (Wildman–Crippen LogP) is 2.19. The number of nitrogen functional groups attached to an aromatic ring is 1. The van der Waals surface area contributed by atoms with Gasteiger partial charge in [-0.2, -0.15) is 0 Å². The van der Waals surface area contributed by atoms with Gasteiger partial charge in [-0.1, -0.05) is 29.5 Å². The molecule has 0 spiro atoms. The maximum Gasteiger partial charge on any atom is 0.233 e. The Morgan fingerprint density at radius 1 is 1.32 bits per heavy atom. The monoisotopic (exact) mass is 363 g/mol. The van der Waals surface area contributed by atoms with E-state index in [4.69, 9.17) is 10.6 Å². The Bertz CT molecular complexity index is 745. The summed E-state index contributed by atoms with van der Waals surface area (Å²) in [6.07, 6.45) is 0. The third kappa shape index (κ3) is 5.12. The SMILES string of the molecule is Cc1ccc(OCc2nnc(S[C@@H](C)C(=O)NC(C)C)n2N)c(C)c1. The maximum absolute atomic E-state index is 12.0. The number of ether oxygens (including phenoxy) is 1. The van der Waals surface area contributed by atoms with Crippen LogP contribution in [0.5, 0.6) is 5.75 Å². The summed E-state index contributed by atoms with van der Waals surface area (Å²) < 4.78 is 7.15. The van der Waals surface area contributed by atoms with Crippen molar-refractivity contribution in [3.05, 3.63) is 35.2 Å². The molecule has 0 radical (unpaired) electrons. The molecule has 0 aliphatic carbocycles. The number of nitrogens with zero attached hydrogens (tertiary/aromatic N) is 3. The molecule has 1 aromatic carbocycles. The number of aryl methyl sites for hydroxylation is 2. The lowest BCUT2D eigenvalue weighted by Gasteiger charge is -2.13. The van der Waals surface area contributed by atoms with E-state index in [1.54, 1.807) is 0 Å². The molecule has 2 rings (SSSR count). The maximum atomic E-state index is 12.0. The number of hydrogen-bond donors (Lipinski definition) is 2. The molecule has 2 aromatic rings. The van der Waals surface area contributed by atoms with Crippen LogP contribution in [0.2, 0.25) is 0 Å². The van der Waals surface area contributed by atoms with Gasteiger partial charge in [0, 0.05) is 6.04 Å². The number of rotatable bonds is 7. The van der Waals surface area contributed by atoms with Gasteiger partial charge in [-0.25, -0.2) is 4.68 Å². The third-order valence-corrected chi connectivity index (χ3v) is 4.56. The molecule has 0 aliphatic heterocycles. The predicted molar refractivity (Wildman–Crippen MR) is 99.0 cm³/mol. The first kappa shape index (κ1) is 19.1. The topological polar surface area (TPSA) is 95.1 Å². The minimum Gasteiger partial charge on any atom is -0.485 e. The van der Waals surface area contributed by atoms with Gasteiger partial charge < -0.3 is 15.9 Å². The molecule has 7 nitrogen and oxygen atoms in total. The third-order valence-electron chi connectivity index (χ3n) is 3.50. The number of benzene rings is 1. The molecule has 3 N–H and O–H groups in total. The van der Waals surface area contributed by atoms with Crippen molar-refractivity contribution >= 4 is 17.7 Å². The molecular formula is C17H25N5O2S. The van der Waals surface area contributed by atoms with Crippen LogP contribution in [0, 0.1) is 13.8 Å². The van der Waals surface area contributed by atoms with Crippen LogP contribution in [0.25, 0.3) is 0 Å². The van der Waals surface area contributed by atoms with Gasteiger partial charge in [-0.05, 0) is 46.2 Å². The highest BCUT2D eigenvalue weighted by Gasteiger charge is 2.20. The number of thioether (sulfide) groups is 1. The summed E-state index contributed by atoms with van der Waals surface area (Å²) in [5.41, 5.74) is 2.23. The molecule has 25 heavy (non-hydrogen) atoms. The van der Waals surface area contributed by atoms with Gasteiger partial charge in [0.15, 0.2) is 5.82 Å². The highest BCUT2D eigenvalue weighted by atomic mass is 32.2. The first-order valence-corrected chi connectivity index (χ1v) is 9.02. The van der Waals surface area contributed by atoms with E-state index in [0.717, 1.165) is 11.3 Å². The largest absolute Gasteiger partial charge is 0.485 e. The number of amides is 1. The minimum absolute atomic E-state index is 0.0592. The summed E-state index contributed by atoms with van der Waals surface area (Å²) in [4.78, 5) is 12.0. The van der Waals surface area contributed by atoms with E-state index in [-0.39, 0.29) is 23.8 Å². The van der Waals surface area contributed by atoms with Gasteiger partial charge in [0.25, 0.3) is 0 Å². The Labute approximate surface area is 152 Å². The Hall–Kier alpha value is -2.22. The van der Waals surface area contributed by atoms with Crippen molar-refractivity contribution in [1.29, 1.82) is 0 Å². The first-order chi connectivity index (χ1) is 11.8. The van der Waals surface area contributed by atoms with Crippen molar-refractivity contribution in [3.63, 3.8) is 0 Å². The summed E-state index contributed by atoms with van der Waals surface area (Å²) in [5.74, 6) is 7.26. The van der Waals surface area contributed by atoms with Crippen LogP contribution in [0.1, 0.15) is 37.7 Å². The smallest absolute Gasteiger partial charge is 0.233 e. The fourth-order valence-electron chi connectivity index (χ4n) is 2.20.